The third-order valence-electron chi connectivity index (χ3n) is 4.82. The highest BCUT2D eigenvalue weighted by Gasteiger charge is 2.25. The Balaban J connectivity index is 1.37. The Labute approximate surface area is 153 Å². The van der Waals surface area contributed by atoms with Gasteiger partial charge >= 0.3 is 0 Å². The molecule has 0 saturated carbocycles. The molecule has 0 unspecified atom stereocenters. The number of likely N-dealkylation sites (tertiary alicyclic amines) is 1. The van der Waals surface area contributed by atoms with Crippen molar-refractivity contribution < 1.29 is 13.3 Å². The summed E-state index contributed by atoms with van der Waals surface area (Å²) >= 11 is 0. The molecule has 27 heavy (non-hydrogen) atoms. The summed E-state index contributed by atoms with van der Waals surface area (Å²) in [5, 5.41) is 4.08. The molecule has 1 aromatic carbocycles. The smallest absolute Gasteiger partial charge is 0.259 e. The average Bonchev–Trinajstić information content (AvgIpc) is 3.16. The molecule has 4 rings (SSSR count). The maximum Gasteiger partial charge on any atom is 0.259 e. The molecule has 1 N–H and O–H groups in total. The fourth-order valence-electron chi connectivity index (χ4n) is 3.31. The van der Waals surface area contributed by atoms with Crippen LogP contribution in [0.3, 0.4) is 0 Å². The summed E-state index contributed by atoms with van der Waals surface area (Å²) in [6, 6.07) is 7.07. The van der Waals surface area contributed by atoms with E-state index in [1.54, 1.807) is 18.3 Å². The third kappa shape index (κ3) is 3.95. The van der Waals surface area contributed by atoms with Crippen LogP contribution in [0.25, 0.3) is 11.5 Å². The fourth-order valence-corrected chi connectivity index (χ4v) is 3.31. The van der Waals surface area contributed by atoms with Gasteiger partial charge in [0.1, 0.15) is 0 Å². The van der Waals surface area contributed by atoms with E-state index in [2.05, 4.69) is 20.0 Å². The number of piperidine rings is 1. The number of pyridine rings is 1. The quantitative estimate of drug-likeness (QED) is 0.762. The maximum absolute atomic E-state index is 13.3. The molecule has 0 radical (unpaired) electrons. The zero-order valence-electron chi connectivity index (χ0n) is 14.5. The molecular formula is C19H18F2N4O2. The number of nitrogens with one attached hydrogen (secondary N) is 1. The number of hydrogen-bond acceptors (Lipinski definition) is 5. The van der Waals surface area contributed by atoms with Crippen molar-refractivity contribution in [1.82, 2.24) is 20.0 Å². The first-order chi connectivity index (χ1) is 13.1. The summed E-state index contributed by atoms with van der Waals surface area (Å²) in [6.07, 6.45) is 3.26. The Morgan fingerprint density at radius 1 is 1.15 bits per heavy atom. The van der Waals surface area contributed by atoms with Crippen molar-refractivity contribution in [3.8, 4) is 11.5 Å². The van der Waals surface area contributed by atoms with Gasteiger partial charge in [0.2, 0.25) is 5.56 Å². The zero-order chi connectivity index (χ0) is 18.8. The van der Waals surface area contributed by atoms with E-state index in [0.717, 1.165) is 37.6 Å². The highest BCUT2D eigenvalue weighted by Crippen LogP contribution is 2.28. The number of H-pyrrole nitrogens is 1. The number of hydrogen-bond donors (Lipinski definition) is 1. The van der Waals surface area contributed by atoms with Gasteiger partial charge in [0.25, 0.3) is 5.89 Å². The highest BCUT2D eigenvalue weighted by atomic mass is 19.2. The number of rotatable bonds is 4. The molecule has 0 bridgehead atoms. The number of aromatic nitrogens is 3. The normalized spacial score (nSPS) is 15.9. The Morgan fingerprint density at radius 3 is 2.67 bits per heavy atom. The van der Waals surface area contributed by atoms with Crippen LogP contribution in [0.5, 0.6) is 0 Å². The van der Waals surface area contributed by atoms with E-state index in [9.17, 15) is 13.6 Å². The lowest BCUT2D eigenvalue weighted by atomic mass is 9.96. The standard InChI is InChI=1S/C19H18F2N4O2/c20-15-3-1-12(9-16(15)21)11-25-7-5-13(6-8-25)18-23-19(27-24-18)14-2-4-17(26)22-10-14/h1-4,9-10,13H,5-8,11H2,(H,22,26). The first kappa shape index (κ1) is 17.5. The van der Waals surface area contributed by atoms with Crippen molar-refractivity contribution >= 4 is 0 Å². The lowest BCUT2D eigenvalue weighted by Crippen LogP contribution is -2.32. The summed E-state index contributed by atoms with van der Waals surface area (Å²) in [5.41, 5.74) is 1.24. The fraction of sp³-hybridized carbons (Fsp3) is 0.316. The molecule has 0 spiro atoms. The SMILES string of the molecule is O=c1ccc(-c2nc(C3CCN(Cc4ccc(F)c(F)c4)CC3)no2)c[nH]1. The molecule has 1 fully saturated rings. The monoisotopic (exact) mass is 372 g/mol. The molecule has 0 aliphatic carbocycles. The van der Waals surface area contributed by atoms with E-state index in [1.165, 1.54) is 12.1 Å². The minimum Gasteiger partial charge on any atom is -0.334 e. The molecule has 1 aliphatic rings. The lowest BCUT2D eigenvalue weighted by Gasteiger charge is -2.30. The largest absolute Gasteiger partial charge is 0.334 e. The molecule has 0 amide bonds. The van der Waals surface area contributed by atoms with Crippen LogP contribution in [0.1, 0.15) is 30.1 Å². The van der Waals surface area contributed by atoms with Gasteiger partial charge in [-0.15, -0.1) is 0 Å². The first-order valence-corrected chi connectivity index (χ1v) is 8.77. The van der Waals surface area contributed by atoms with Gasteiger partial charge in [-0.3, -0.25) is 9.69 Å². The highest BCUT2D eigenvalue weighted by molar-refractivity contribution is 5.50. The molecule has 1 aliphatic heterocycles. The second-order valence-corrected chi connectivity index (χ2v) is 6.70. The van der Waals surface area contributed by atoms with Gasteiger partial charge in [0.15, 0.2) is 17.5 Å². The van der Waals surface area contributed by atoms with Gasteiger partial charge in [0, 0.05) is 24.7 Å². The van der Waals surface area contributed by atoms with Crippen LogP contribution in [-0.4, -0.2) is 33.1 Å². The van der Waals surface area contributed by atoms with Crippen molar-refractivity contribution in [1.29, 1.82) is 0 Å². The third-order valence-corrected chi connectivity index (χ3v) is 4.82. The average molecular weight is 372 g/mol. The summed E-state index contributed by atoms with van der Waals surface area (Å²) in [6.45, 7) is 2.21. The zero-order valence-corrected chi connectivity index (χ0v) is 14.5. The van der Waals surface area contributed by atoms with Gasteiger partial charge in [-0.05, 0) is 49.7 Å². The predicted molar refractivity (Wildman–Crippen MR) is 94.0 cm³/mol. The van der Waals surface area contributed by atoms with Gasteiger partial charge in [-0.1, -0.05) is 11.2 Å². The van der Waals surface area contributed by atoms with Crippen molar-refractivity contribution in [3.63, 3.8) is 0 Å². The van der Waals surface area contributed by atoms with E-state index >= 15 is 0 Å². The molecule has 1 saturated heterocycles. The molecule has 0 atom stereocenters. The lowest BCUT2D eigenvalue weighted by molar-refractivity contribution is 0.200. The van der Waals surface area contributed by atoms with E-state index in [1.807, 2.05) is 0 Å². The van der Waals surface area contributed by atoms with Crippen molar-refractivity contribution in [3.05, 3.63) is 69.9 Å². The molecule has 140 valence electrons. The van der Waals surface area contributed by atoms with Crippen LogP contribution in [-0.2, 0) is 6.54 Å². The van der Waals surface area contributed by atoms with Crippen LogP contribution < -0.4 is 5.56 Å². The van der Waals surface area contributed by atoms with E-state index in [4.69, 9.17) is 4.52 Å². The molecule has 6 nitrogen and oxygen atoms in total. The number of aromatic amines is 1. The molecule has 2 aromatic heterocycles. The minimum atomic E-state index is -0.826. The molecular weight excluding hydrogens is 354 g/mol. The van der Waals surface area contributed by atoms with Crippen LogP contribution in [0.2, 0.25) is 0 Å². The van der Waals surface area contributed by atoms with Gasteiger partial charge in [-0.2, -0.15) is 4.98 Å². The van der Waals surface area contributed by atoms with Crippen molar-refractivity contribution in [2.24, 2.45) is 0 Å². The Kier molecular flexibility index (Phi) is 4.81. The maximum atomic E-state index is 13.3. The van der Waals surface area contributed by atoms with Crippen molar-refractivity contribution in [2.45, 2.75) is 25.3 Å². The molecule has 3 heterocycles. The second-order valence-electron chi connectivity index (χ2n) is 6.70. The molecule has 8 heteroatoms. The first-order valence-electron chi connectivity index (χ1n) is 8.77. The number of benzene rings is 1. The second kappa shape index (κ2) is 7.40. The van der Waals surface area contributed by atoms with E-state index in [-0.39, 0.29) is 11.5 Å². The van der Waals surface area contributed by atoms with Crippen LogP contribution in [0, 0.1) is 11.6 Å². The summed E-state index contributed by atoms with van der Waals surface area (Å²) in [7, 11) is 0. The number of nitrogens with zero attached hydrogens (tertiary/aromatic N) is 3. The predicted octanol–water partition coefficient (Wildman–Crippen LogP) is 3.08. The Bertz CT molecular complexity index is 973. The Morgan fingerprint density at radius 2 is 1.96 bits per heavy atom. The van der Waals surface area contributed by atoms with Crippen LogP contribution in [0.15, 0.2) is 45.8 Å². The topological polar surface area (TPSA) is 75.0 Å². The summed E-state index contributed by atoms with van der Waals surface area (Å²) in [4.78, 5) is 20.4. The molecule has 3 aromatic rings. The summed E-state index contributed by atoms with van der Waals surface area (Å²) in [5.74, 6) is -0.419. The van der Waals surface area contributed by atoms with Crippen LogP contribution >= 0.6 is 0 Å². The van der Waals surface area contributed by atoms with E-state index < -0.39 is 11.6 Å². The van der Waals surface area contributed by atoms with Gasteiger partial charge < -0.3 is 9.51 Å². The van der Waals surface area contributed by atoms with Crippen LogP contribution in [0.4, 0.5) is 8.78 Å². The minimum absolute atomic E-state index is 0.187. The van der Waals surface area contributed by atoms with E-state index in [0.29, 0.717) is 23.8 Å². The summed E-state index contributed by atoms with van der Waals surface area (Å²) < 4.78 is 31.7. The number of halogens is 2. The van der Waals surface area contributed by atoms with Crippen molar-refractivity contribution in [2.75, 3.05) is 13.1 Å². The Hall–Kier alpha value is -2.87. The van der Waals surface area contributed by atoms with Gasteiger partial charge in [-0.25, -0.2) is 8.78 Å². The van der Waals surface area contributed by atoms with Gasteiger partial charge in [0.05, 0.1) is 5.56 Å².